The second kappa shape index (κ2) is 5.46. The number of pyridine rings is 1. The minimum Gasteiger partial charge on any atom is -0.478 e. The predicted molar refractivity (Wildman–Crippen MR) is 78.1 cm³/mol. The summed E-state index contributed by atoms with van der Waals surface area (Å²) in [6, 6.07) is 8.48. The van der Waals surface area contributed by atoms with Gasteiger partial charge in [0.15, 0.2) is 0 Å². The lowest BCUT2D eigenvalue weighted by Gasteiger charge is -2.27. The van der Waals surface area contributed by atoms with Gasteiger partial charge in [-0.25, -0.2) is 9.78 Å². The van der Waals surface area contributed by atoms with Crippen molar-refractivity contribution in [1.82, 2.24) is 4.98 Å². The van der Waals surface area contributed by atoms with E-state index in [-0.39, 0.29) is 12.2 Å². The smallest absolute Gasteiger partial charge is 0.336 e. The maximum atomic E-state index is 11.1. The molecule has 3 N–H and O–H groups in total. The summed E-state index contributed by atoms with van der Waals surface area (Å²) >= 11 is 0. The first-order valence-corrected chi connectivity index (χ1v) is 6.51. The number of aliphatic hydroxyl groups is 1. The highest BCUT2D eigenvalue weighted by Crippen LogP contribution is 2.22. The van der Waals surface area contributed by atoms with Crippen molar-refractivity contribution >= 4 is 22.7 Å². The van der Waals surface area contributed by atoms with Gasteiger partial charge in [-0.2, -0.15) is 0 Å². The van der Waals surface area contributed by atoms with Crippen LogP contribution in [0.4, 0.5) is 5.82 Å². The Morgan fingerprint density at radius 2 is 2.10 bits per heavy atom. The van der Waals surface area contributed by atoms with E-state index in [2.05, 4.69) is 10.3 Å². The van der Waals surface area contributed by atoms with Crippen LogP contribution in [0.3, 0.4) is 0 Å². The normalized spacial score (nSPS) is 13.9. The third kappa shape index (κ3) is 2.72. The molecule has 5 heteroatoms. The quantitative estimate of drug-likeness (QED) is 0.780. The van der Waals surface area contributed by atoms with Crippen molar-refractivity contribution in [1.29, 1.82) is 0 Å². The summed E-state index contributed by atoms with van der Waals surface area (Å²) in [6.07, 6.45) is 0.748. The second-order valence-electron chi connectivity index (χ2n) is 5.07. The van der Waals surface area contributed by atoms with E-state index >= 15 is 0 Å². The zero-order valence-corrected chi connectivity index (χ0v) is 11.6. The maximum Gasteiger partial charge on any atom is 0.336 e. The van der Waals surface area contributed by atoms with Crippen molar-refractivity contribution in [2.75, 3.05) is 11.9 Å². The fourth-order valence-electron chi connectivity index (χ4n) is 1.96. The molecule has 2 aromatic rings. The number of carboxylic acid groups (broad SMARTS) is 1. The fourth-order valence-corrected chi connectivity index (χ4v) is 1.96. The highest BCUT2D eigenvalue weighted by molar-refractivity contribution is 6.02. The van der Waals surface area contributed by atoms with Gasteiger partial charge in [0, 0.05) is 5.39 Å². The van der Waals surface area contributed by atoms with Gasteiger partial charge in [-0.3, -0.25) is 0 Å². The molecule has 0 aliphatic heterocycles. The lowest BCUT2D eigenvalue weighted by molar-refractivity contribution is 0.0699. The molecule has 1 aromatic carbocycles. The number of hydrogen-bond acceptors (Lipinski definition) is 4. The minimum absolute atomic E-state index is 0.00160. The highest BCUT2D eigenvalue weighted by Gasteiger charge is 2.21. The van der Waals surface area contributed by atoms with E-state index in [1.54, 1.807) is 30.3 Å². The van der Waals surface area contributed by atoms with Crippen LogP contribution in [0.15, 0.2) is 30.3 Å². The number of nitrogens with zero attached hydrogens (tertiary/aromatic N) is 1. The molecular formula is C15H18N2O3. The standard InChI is InChI=1S/C15H18N2O3/c1-3-15(2,9-18)17-13-8-7-10-11(14(19)20)5-4-6-12(10)16-13/h4-8,18H,3,9H2,1-2H3,(H,16,17)(H,19,20). The molecule has 0 fully saturated rings. The van der Waals surface area contributed by atoms with E-state index in [9.17, 15) is 9.90 Å². The Balaban J connectivity index is 2.43. The second-order valence-corrected chi connectivity index (χ2v) is 5.07. The topological polar surface area (TPSA) is 82.5 Å². The first-order chi connectivity index (χ1) is 9.49. The lowest BCUT2D eigenvalue weighted by atomic mass is 10.0. The monoisotopic (exact) mass is 274 g/mol. The van der Waals surface area contributed by atoms with E-state index in [1.165, 1.54) is 0 Å². The van der Waals surface area contributed by atoms with E-state index in [1.807, 2.05) is 13.8 Å². The first kappa shape index (κ1) is 14.3. The van der Waals surface area contributed by atoms with Crippen molar-refractivity contribution in [3.63, 3.8) is 0 Å². The van der Waals surface area contributed by atoms with Gasteiger partial charge in [0.25, 0.3) is 0 Å². The van der Waals surface area contributed by atoms with E-state index < -0.39 is 11.5 Å². The van der Waals surface area contributed by atoms with Crippen molar-refractivity contribution in [3.05, 3.63) is 35.9 Å². The summed E-state index contributed by atoms with van der Waals surface area (Å²) in [5.74, 6) is -0.342. The van der Waals surface area contributed by atoms with Crippen LogP contribution in [0.5, 0.6) is 0 Å². The van der Waals surface area contributed by atoms with Crippen LogP contribution in [-0.4, -0.2) is 33.3 Å². The van der Waals surface area contributed by atoms with Crippen LogP contribution < -0.4 is 5.32 Å². The summed E-state index contributed by atoms with van der Waals surface area (Å²) in [5.41, 5.74) is 0.415. The number of carbonyl (C=O) groups is 1. The summed E-state index contributed by atoms with van der Waals surface area (Å²) in [4.78, 5) is 15.6. The molecule has 0 aliphatic carbocycles. The number of hydrogen-bond donors (Lipinski definition) is 3. The van der Waals surface area contributed by atoms with Crippen LogP contribution in [0.25, 0.3) is 10.9 Å². The van der Waals surface area contributed by atoms with Gasteiger partial charge in [0.1, 0.15) is 5.82 Å². The Morgan fingerprint density at radius 3 is 2.70 bits per heavy atom. The predicted octanol–water partition coefficient (Wildman–Crippen LogP) is 2.51. The number of carboxylic acids is 1. The number of aliphatic hydroxyl groups excluding tert-OH is 1. The molecule has 106 valence electrons. The van der Waals surface area contributed by atoms with Gasteiger partial charge in [-0.05, 0) is 37.6 Å². The molecule has 0 spiro atoms. The Kier molecular flexibility index (Phi) is 3.90. The third-order valence-corrected chi connectivity index (χ3v) is 3.52. The summed E-state index contributed by atoms with van der Waals surface area (Å²) < 4.78 is 0. The van der Waals surface area contributed by atoms with Crippen LogP contribution in [0.2, 0.25) is 0 Å². The minimum atomic E-state index is -0.966. The number of anilines is 1. The average Bonchev–Trinajstić information content (AvgIpc) is 2.46. The van der Waals surface area contributed by atoms with Gasteiger partial charge < -0.3 is 15.5 Å². The first-order valence-electron chi connectivity index (χ1n) is 6.51. The van der Waals surface area contributed by atoms with Crippen LogP contribution in [-0.2, 0) is 0 Å². The number of rotatable bonds is 5. The molecule has 1 atom stereocenters. The van der Waals surface area contributed by atoms with Crippen molar-refractivity contribution in [2.45, 2.75) is 25.8 Å². The molecule has 0 saturated heterocycles. The maximum absolute atomic E-state index is 11.1. The Bertz CT molecular complexity index is 636. The zero-order valence-electron chi connectivity index (χ0n) is 11.6. The van der Waals surface area contributed by atoms with E-state index in [4.69, 9.17) is 5.11 Å². The Labute approximate surface area is 117 Å². The number of fused-ring (bicyclic) bond motifs is 1. The van der Waals surface area contributed by atoms with Gasteiger partial charge in [0.2, 0.25) is 0 Å². The SMILES string of the molecule is CCC(C)(CO)Nc1ccc2c(C(=O)O)cccc2n1. The molecule has 0 bridgehead atoms. The van der Waals surface area contributed by atoms with E-state index in [0.717, 1.165) is 6.42 Å². The van der Waals surface area contributed by atoms with Crippen LogP contribution >= 0.6 is 0 Å². The van der Waals surface area contributed by atoms with Gasteiger partial charge in [0.05, 0.1) is 23.2 Å². The number of aromatic carboxylic acids is 1. The molecule has 0 saturated carbocycles. The Hall–Kier alpha value is -2.14. The Morgan fingerprint density at radius 1 is 1.35 bits per heavy atom. The van der Waals surface area contributed by atoms with Crippen molar-refractivity contribution in [3.8, 4) is 0 Å². The molecule has 2 rings (SSSR count). The molecule has 5 nitrogen and oxygen atoms in total. The number of nitrogens with one attached hydrogen (secondary N) is 1. The van der Waals surface area contributed by atoms with Crippen LogP contribution in [0.1, 0.15) is 30.6 Å². The van der Waals surface area contributed by atoms with Gasteiger partial charge in [-0.1, -0.05) is 13.0 Å². The van der Waals surface area contributed by atoms with Crippen molar-refractivity contribution in [2.24, 2.45) is 0 Å². The molecule has 0 aliphatic rings. The highest BCUT2D eigenvalue weighted by atomic mass is 16.4. The van der Waals surface area contributed by atoms with E-state index in [0.29, 0.717) is 16.7 Å². The molecule has 20 heavy (non-hydrogen) atoms. The molecule has 1 aromatic heterocycles. The molecule has 1 heterocycles. The molecule has 1 unspecified atom stereocenters. The molecule has 0 amide bonds. The summed E-state index contributed by atoms with van der Waals surface area (Å²) in [6.45, 7) is 3.89. The third-order valence-electron chi connectivity index (χ3n) is 3.52. The number of aromatic nitrogens is 1. The summed E-state index contributed by atoms with van der Waals surface area (Å²) in [5, 5.41) is 22.3. The lowest BCUT2D eigenvalue weighted by Crippen LogP contribution is -2.38. The molecular weight excluding hydrogens is 256 g/mol. The zero-order chi connectivity index (χ0) is 14.8. The molecule has 0 radical (unpaired) electrons. The van der Waals surface area contributed by atoms with Crippen molar-refractivity contribution < 1.29 is 15.0 Å². The summed E-state index contributed by atoms with van der Waals surface area (Å²) in [7, 11) is 0. The average molecular weight is 274 g/mol. The van der Waals surface area contributed by atoms with Gasteiger partial charge in [-0.15, -0.1) is 0 Å². The van der Waals surface area contributed by atoms with Gasteiger partial charge >= 0.3 is 5.97 Å². The largest absolute Gasteiger partial charge is 0.478 e. The number of benzene rings is 1. The van der Waals surface area contributed by atoms with Crippen LogP contribution in [0, 0.1) is 0 Å². The fraction of sp³-hybridized carbons (Fsp3) is 0.333.